The summed E-state index contributed by atoms with van der Waals surface area (Å²) in [7, 11) is 0. The van der Waals surface area contributed by atoms with Gasteiger partial charge in [0.1, 0.15) is 6.10 Å². The lowest BCUT2D eigenvalue weighted by molar-refractivity contribution is -0.150. The number of carbonyl (C=O) groups excluding carboxylic acids is 2. The van der Waals surface area contributed by atoms with Crippen LogP contribution in [0, 0.1) is 0 Å². The van der Waals surface area contributed by atoms with Crippen LogP contribution in [-0.4, -0.2) is 46.9 Å². The highest BCUT2D eigenvalue weighted by molar-refractivity contribution is 5.77. The van der Waals surface area contributed by atoms with E-state index in [2.05, 4.69) is 154 Å². The standard InChI is InChI=1S/C65H107NO5/c1-4-7-10-13-16-19-22-25-28-31-32-34-37-40-43-46-49-52-55-58-65(70)71-61(56-53-50-47-44-41-38-35-33-29-26-23-20-17-14-11-8-5-2)59-64(69)66-62(60-67)63(68)57-54-51-48-45-42-39-36-30-27-24-21-18-15-12-9-6-3/h7-8,10-11,16-17,19-20,25-26,28-29,32,34-35,38,40,43-44,47,49,52,61-63,67-68H,4-6,9,12-15,18,21-24,27,30-31,33,36-37,39,41-42,45-46,48,50-51,53-60H2,1-3H3,(H,66,69)/b10-7-,11-8-,19-16-,20-17-,28-25-,29-26-,34-32-,38-35-,43-40-,47-44-,52-49-. The van der Waals surface area contributed by atoms with Gasteiger partial charge >= 0.3 is 5.97 Å². The molecule has 3 atom stereocenters. The zero-order chi connectivity index (χ0) is 51.6. The Morgan fingerprint density at radius 2 is 0.761 bits per heavy atom. The van der Waals surface area contributed by atoms with Gasteiger partial charge in [-0.1, -0.05) is 257 Å². The average Bonchev–Trinajstić information content (AvgIpc) is 3.36. The lowest BCUT2D eigenvalue weighted by Crippen LogP contribution is -2.46. The molecule has 3 N–H and O–H groups in total. The van der Waals surface area contributed by atoms with Crippen LogP contribution < -0.4 is 5.32 Å². The van der Waals surface area contributed by atoms with E-state index >= 15 is 0 Å². The number of ether oxygens (including phenoxy) is 1. The van der Waals surface area contributed by atoms with Crippen molar-refractivity contribution in [3.8, 4) is 0 Å². The maximum atomic E-state index is 13.3. The third-order valence-electron chi connectivity index (χ3n) is 12.2. The van der Waals surface area contributed by atoms with Gasteiger partial charge in [-0.25, -0.2) is 0 Å². The van der Waals surface area contributed by atoms with E-state index in [-0.39, 0.29) is 31.3 Å². The number of nitrogens with one attached hydrogen (secondary N) is 1. The Bertz CT molecular complexity index is 1520. The lowest BCUT2D eigenvalue weighted by atomic mass is 10.0. The van der Waals surface area contributed by atoms with E-state index in [0.717, 1.165) is 103 Å². The minimum Gasteiger partial charge on any atom is -0.462 e. The van der Waals surface area contributed by atoms with Crippen LogP contribution in [0.1, 0.15) is 239 Å². The Labute approximate surface area is 437 Å². The van der Waals surface area contributed by atoms with Gasteiger partial charge in [0.25, 0.3) is 0 Å². The van der Waals surface area contributed by atoms with Gasteiger partial charge in [0.2, 0.25) is 5.91 Å². The minimum absolute atomic E-state index is 0.000412. The number of rotatable bonds is 50. The molecular formula is C65H107NO5. The third-order valence-corrected chi connectivity index (χ3v) is 12.2. The predicted molar refractivity (Wildman–Crippen MR) is 309 cm³/mol. The first-order chi connectivity index (χ1) is 35.0. The number of aliphatic hydroxyl groups excluding tert-OH is 2. The monoisotopic (exact) mass is 982 g/mol. The van der Waals surface area contributed by atoms with Crippen molar-refractivity contribution in [2.24, 2.45) is 0 Å². The predicted octanol–water partition coefficient (Wildman–Crippen LogP) is 18.2. The van der Waals surface area contributed by atoms with E-state index in [9.17, 15) is 19.8 Å². The van der Waals surface area contributed by atoms with E-state index in [0.29, 0.717) is 19.3 Å². The van der Waals surface area contributed by atoms with Crippen molar-refractivity contribution >= 4 is 11.9 Å². The molecule has 3 unspecified atom stereocenters. The molecule has 0 spiro atoms. The van der Waals surface area contributed by atoms with E-state index in [1.807, 2.05) is 6.08 Å². The van der Waals surface area contributed by atoms with Crippen molar-refractivity contribution in [3.63, 3.8) is 0 Å². The fourth-order valence-electron chi connectivity index (χ4n) is 7.96. The normalized spacial score (nSPS) is 14.2. The molecule has 0 fully saturated rings. The quantitative estimate of drug-likeness (QED) is 0.0321. The molecule has 0 aromatic rings. The molecule has 0 aromatic heterocycles. The Morgan fingerprint density at radius 3 is 1.13 bits per heavy atom. The zero-order valence-electron chi connectivity index (χ0n) is 45.8. The molecule has 402 valence electrons. The fraction of sp³-hybridized carbons (Fsp3) is 0.631. The number of allylic oxidation sites excluding steroid dienone is 22. The summed E-state index contributed by atoms with van der Waals surface area (Å²) in [6.07, 6.45) is 81.0. The molecule has 0 aromatic carbocycles. The Hall–Kier alpha value is -4.00. The summed E-state index contributed by atoms with van der Waals surface area (Å²) in [5.41, 5.74) is 0. The Morgan fingerprint density at radius 1 is 0.423 bits per heavy atom. The van der Waals surface area contributed by atoms with Gasteiger partial charge in [0.15, 0.2) is 0 Å². The first-order valence-corrected chi connectivity index (χ1v) is 28.9. The van der Waals surface area contributed by atoms with Crippen LogP contribution in [0.3, 0.4) is 0 Å². The van der Waals surface area contributed by atoms with Crippen molar-refractivity contribution in [2.45, 2.75) is 257 Å². The fourth-order valence-corrected chi connectivity index (χ4v) is 7.96. The summed E-state index contributed by atoms with van der Waals surface area (Å²) >= 11 is 0. The number of amides is 1. The summed E-state index contributed by atoms with van der Waals surface area (Å²) < 4.78 is 5.89. The molecule has 0 heterocycles. The van der Waals surface area contributed by atoms with Crippen LogP contribution in [0.25, 0.3) is 0 Å². The van der Waals surface area contributed by atoms with Crippen LogP contribution in [0.2, 0.25) is 0 Å². The highest BCUT2D eigenvalue weighted by Crippen LogP contribution is 2.17. The zero-order valence-corrected chi connectivity index (χ0v) is 45.8. The van der Waals surface area contributed by atoms with E-state index in [4.69, 9.17) is 4.74 Å². The van der Waals surface area contributed by atoms with Crippen molar-refractivity contribution in [2.75, 3.05) is 6.61 Å². The lowest BCUT2D eigenvalue weighted by Gasteiger charge is -2.24. The van der Waals surface area contributed by atoms with Gasteiger partial charge in [0.05, 0.1) is 25.2 Å². The summed E-state index contributed by atoms with van der Waals surface area (Å²) in [6.45, 7) is 6.23. The second-order valence-electron chi connectivity index (χ2n) is 18.9. The molecule has 6 nitrogen and oxygen atoms in total. The molecule has 6 heteroatoms. The first kappa shape index (κ1) is 67.0. The van der Waals surface area contributed by atoms with E-state index < -0.39 is 18.2 Å². The van der Waals surface area contributed by atoms with E-state index in [1.165, 1.54) is 83.5 Å². The largest absolute Gasteiger partial charge is 0.462 e. The molecule has 0 bridgehead atoms. The molecule has 0 aliphatic heterocycles. The van der Waals surface area contributed by atoms with Gasteiger partial charge in [-0.2, -0.15) is 0 Å². The Balaban J connectivity index is 4.80. The van der Waals surface area contributed by atoms with Crippen molar-refractivity contribution in [3.05, 3.63) is 134 Å². The molecule has 71 heavy (non-hydrogen) atoms. The highest BCUT2D eigenvalue weighted by Gasteiger charge is 2.24. The van der Waals surface area contributed by atoms with Gasteiger partial charge in [-0.15, -0.1) is 0 Å². The molecule has 0 saturated heterocycles. The summed E-state index contributed by atoms with van der Waals surface area (Å²) in [6, 6.07) is -0.746. The minimum atomic E-state index is -0.826. The molecule has 0 saturated carbocycles. The van der Waals surface area contributed by atoms with Gasteiger partial charge in [-0.3, -0.25) is 9.59 Å². The molecule has 0 rings (SSSR count). The second kappa shape index (κ2) is 56.9. The summed E-state index contributed by atoms with van der Waals surface area (Å²) in [5, 5.41) is 23.9. The molecular weight excluding hydrogens is 875 g/mol. The number of carbonyl (C=O) groups is 2. The SMILES string of the molecule is CC/C=C\C/C=C\C/C=C\C/C=C\C/C=C\C/C=C\CCC(=O)OC(CCC/C=C\C/C=C\C/C=C\C/C=C\C/C=C\CC)CC(=O)NC(CO)C(O)CCCCCCCCCCCCCCCCCC. The third kappa shape index (κ3) is 52.1. The number of esters is 1. The summed E-state index contributed by atoms with van der Waals surface area (Å²) in [5.74, 6) is -0.640. The van der Waals surface area contributed by atoms with Gasteiger partial charge in [0, 0.05) is 6.42 Å². The number of hydrogen-bond donors (Lipinski definition) is 3. The van der Waals surface area contributed by atoms with Crippen LogP contribution in [0.4, 0.5) is 0 Å². The van der Waals surface area contributed by atoms with Crippen molar-refractivity contribution in [1.82, 2.24) is 5.32 Å². The van der Waals surface area contributed by atoms with Crippen LogP contribution >= 0.6 is 0 Å². The maximum Gasteiger partial charge on any atom is 0.306 e. The van der Waals surface area contributed by atoms with Crippen LogP contribution in [0.15, 0.2) is 134 Å². The highest BCUT2D eigenvalue weighted by atomic mass is 16.5. The van der Waals surface area contributed by atoms with Crippen molar-refractivity contribution < 1.29 is 24.5 Å². The van der Waals surface area contributed by atoms with Crippen molar-refractivity contribution in [1.29, 1.82) is 0 Å². The van der Waals surface area contributed by atoms with E-state index in [1.54, 1.807) is 0 Å². The number of hydrogen-bond acceptors (Lipinski definition) is 5. The molecule has 0 aliphatic carbocycles. The molecule has 0 radical (unpaired) electrons. The smallest absolute Gasteiger partial charge is 0.306 e. The Kier molecular flexibility index (Phi) is 53.7. The van der Waals surface area contributed by atoms with Gasteiger partial charge in [-0.05, 0) is 103 Å². The number of aliphatic hydroxyl groups is 2. The van der Waals surface area contributed by atoms with Crippen LogP contribution in [-0.2, 0) is 14.3 Å². The maximum absolute atomic E-state index is 13.3. The summed E-state index contributed by atoms with van der Waals surface area (Å²) in [4.78, 5) is 26.3. The molecule has 1 amide bonds. The van der Waals surface area contributed by atoms with Gasteiger partial charge < -0.3 is 20.3 Å². The molecule has 0 aliphatic rings. The first-order valence-electron chi connectivity index (χ1n) is 28.9. The topological polar surface area (TPSA) is 95.9 Å². The number of unbranched alkanes of at least 4 members (excludes halogenated alkanes) is 16. The second-order valence-corrected chi connectivity index (χ2v) is 18.9. The average molecular weight is 983 g/mol. The van der Waals surface area contributed by atoms with Crippen LogP contribution in [0.5, 0.6) is 0 Å².